The molecule has 0 bridgehead atoms. The zero-order chi connectivity index (χ0) is 19.5. The van der Waals surface area contributed by atoms with E-state index >= 15 is 0 Å². The van der Waals surface area contributed by atoms with E-state index in [4.69, 9.17) is 9.47 Å². The molecule has 1 aliphatic heterocycles. The van der Waals surface area contributed by atoms with Crippen LogP contribution in [0.25, 0.3) is 0 Å². The largest absolute Gasteiger partial charge is 0.493 e. The molecular weight excluding hydrogens is 415 g/mol. The summed E-state index contributed by atoms with van der Waals surface area (Å²) < 4.78 is 49.7. The number of hydrogen-bond donors (Lipinski definition) is 0. The first-order chi connectivity index (χ1) is 12.0. The van der Waals surface area contributed by atoms with Gasteiger partial charge in [-0.05, 0) is 57.7 Å². The lowest BCUT2D eigenvalue weighted by molar-refractivity contribution is -0.138. The fourth-order valence-electron chi connectivity index (χ4n) is 2.63. The molecule has 0 saturated carbocycles. The average Bonchev–Trinajstić information content (AvgIpc) is 2.52. The van der Waals surface area contributed by atoms with Crippen molar-refractivity contribution >= 4 is 22.0 Å². The Labute approximate surface area is 159 Å². The topological polar surface area (TPSA) is 38.8 Å². The van der Waals surface area contributed by atoms with E-state index in [1.165, 1.54) is 12.1 Å². The van der Waals surface area contributed by atoms with Crippen LogP contribution in [0.5, 0.6) is 5.75 Å². The fourth-order valence-corrected chi connectivity index (χ4v) is 3.11. The van der Waals surface area contributed by atoms with Crippen molar-refractivity contribution in [3.05, 3.63) is 28.2 Å². The van der Waals surface area contributed by atoms with Gasteiger partial charge in [0.25, 0.3) is 0 Å². The minimum Gasteiger partial charge on any atom is -0.493 e. The van der Waals surface area contributed by atoms with E-state index in [0.29, 0.717) is 19.7 Å². The summed E-state index contributed by atoms with van der Waals surface area (Å²) >= 11 is 2.91. The molecule has 146 valence electrons. The molecule has 1 aliphatic rings. The summed E-state index contributed by atoms with van der Waals surface area (Å²) in [6, 6.07) is 3.85. The van der Waals surface area contributed by atoms with Gasteiger partial charge in [0, 0.05) is 17.6 Å². The molecule has 26 heavy (non-hydrogen) atoms. The number of likely N-dealkylation sites (tertiary alicyclic amines) is 1. The molecule has 8 heteroatoms. The van der Waals surface area contributed by atoms with Gasteiger partial charge < -0.3 is 14.4 Å². The summed E-state index contributed by atoms with van der Waals surface area (Å²) in [6.07, 6.45) is -3.32. The van der Waals surface area contributed by atoms with Gasteiger partial charge in [0.05, 0.1) is 12.2 Å². The maximum Gasteiger partial charge on any atom is 0.417 e. The molecule has 1 aromatic rings. The van der Waals surface area contributed by atoms with Gasteiger partial charge in [-0.15, -0.1) is 0 Å². The standard InChI is InChI=1S/C18H23BrF3NO3/c1-17(2,3)26-16(24)23-8-6-12(7-9-23)11-25-13-4-5-15(19)14(10-13)18(20,21)22/h4-5,10,12H,6-9,11H2,1-3H3. The molecule has 0 atom stereocenters. The third-order valence-corrected chi connectivity index (χ3v) is 4.69. The highest BCUT2D eigenvalue weighted by atomic mass is 79.9. The summed E-state index contributed by atoms with van der Waals surface area (Å²) in [7, 11) is 0. The third-order valence-electron chi connectivity index (χ3n) is 4.00. The highest BCUT2D eigenvalue weighted by Crippen LogP contribution is 2.37. The zero-order valence-corrected chi connectivity index (χ0v) is 16.6. The molecule has 0 unspecified atom stereocenters. The van der Waals surface area contributed by atoms with Crippen molar-refractivity contribution in [2.24, 2.45) is 5.92 Å². The highest BCUT2D eigenvalue weighted by molar-refractivity contribution is 9.10. The van der Waals surface area contributed by atoms with Gasteiger partial charge in [0.15, 0.2) is 0 Å². The Kier molecular flexibility index (Phi) is 6.47. The molecule has 0 spiro atoms. The number of amides is 1. The van der Waals surface area contributed by atoms with Crippen LogP contribution in [0.2, 0.25) is 0 Å². The van der Waals surface area contributed by atoms with Crippen LogP contribution >= 0.6 is 15.9 Å². The van der Waals surface area contributed by atoms with Crippen LogP contribution in [0.15, 0.2) is 22.7 Å². The second-order valence-corrected chi connectivity index (χ2v) is 8.22. The molecule has 0 N–H and O–H groups in total. The lowest BCUT2D eigenvalue weighted by Crippen LogP contribution is -2.42. The molecule has 0 aromatic heterocycles. The van der Waals surface area contributed by atoms with E-state index in [1.807, 2.05) is 20.8 Å². The average molecular weight is 438 g/mol. The number of carbonyl (C=O) groups excluding carboxylic acids is 1. The van der Waals surface area contributed by atoms with Crippen molar-refractivity contribution in [2.45, 2.75) is 45.4 Å². The van der Waals surface area contributed by atoms with Crippen molar-refractivity contribution in [1.29, 1.82) is 0 Å². The van der Waals surface area contributed by atoms with E-state index in [0.717, 1.165) is 18.9 Å². The van der Waals surface area contributed by atoms with Crippen LogP contribution in [-0.4, -0.2) is 36.3 Å². The fraction of sp³-hybridized carbons (Fsp3) is 0.611. The Balaban J connectivity index is 1.85. The van der Waals surface area contributed by atoms with Gasteiger partial charge in [-0.1, -0.05) is 15.9 Å². The van der Waals surface area contributed by atoms with Crippen molar-refractivity contribution in [3.63, 3.8) is 0 Å². The molecule has 1 saturated heterocycles. The van der Waals surface area contributed by atoms with Gasteiger partial charge in [0.2, 0.25) is 0 Å². The predicted octanol–water partition coefficient (Wildman–Crippen LogP) is 5.49. The number of ether oxygens (including phenoxy) is 2. The van der Waals surface area contributed by atoms with E-state index in [-0.39, 0.29) is 22.2 Å². The Hall–Kier alpha value is -1.44. The van der Waals surface area contributed by atoms with E-state index in [2.05, 4.69) is 15.9 Å². The molecule has 4 nitrogen and oxygen atoms in total. The van der Waals surface area contributed by atoms with Crippen LogP contribution in [0.3, 0.4) is 0 Å². The van der Waals surface area contributed by atoms with Crippen LogP contribution in [0, 0.1) is 5.92 Å². The molecule has 2 rings (SSSR count). The van der Waals surface area contributed by atoms with Crippen molar-refractivity contribution in [3.8, 4) is 5.75 Å². The summed E-state index contributed by atoms with van der Waals surface area (Å²) in [6.45, 7) is 6.88. The minimum atomic E-state index is -4.43. The molecule has 0 aliphatic carbocycles. The molecule has 1 fully saturated rings. The quantitative estimate of drug-likeness (QED) is 0.626. The van der Waals surface area contributed by atoms with Crippen molar-refractivity contribution in [1.82, 2.24) is 4.90 Å². The van der Waals surface area contributed by atoms with Crippen LogP contribution < -0.4 is 4.74 Å². The van der Waals surface area contributed by atoms with Crippen molar-refractivity contribution in [2.75, 3.05) is 19.7 Å². The molecule has 1 heterocycles. The zero-order valence-electron chi connectivity index (χ0n) is 15.0. The summed E-state index contributed by atoms with van der Waals surface area (Å²) in [5.41, 5.74) is -1.29. The molecule has 0 radical (unpaired) electrons. The van der Waals surface area contributed by atoms with Gasteiger partial charge in [0.1, 0.15) is 11.4 Å². The number of hydrogen-bond acceptors (Lipinski definition) is 3. The Morgan fingerprint density at radius 1 is 1.23 bits per heavy atom. The van der Waals surface area contributed by atoms with Crippen LogP contribution in [-0.2, 0) is 10.9 Å². The summed E-state index contributed by atoms with van der Waals surface area (Å²) in [4.78, 5) is 13.7. The maximum absolute atomic E-state index is 12.9. The van der Waals surface area contributed by atoms with Gasteiger partial charge in [-0.3, -0.25) is 0 Å². The Bertz CT molecular complexity index is 636. The number of benzene rings is 1. The van der Waals surface area contributed by atoms with Crippen LogP contribution in [0.1, 0.15) is 39.2 Å². The summed E-state index contributed by atoms with van der Waals surface area (Å²) in [5.74, 6) is 0.377. The number of halogens is 4. The van der Waals surface area contributed by atoms with Crippen LogP contribution in [0.4, 0.5) is 18.0 Å². The van der Waals surface area contributed by atoms with Gasteiger partial charge >= 0.3 is 12.3 Å². The maximum atomic E-state index is 12.9. The smallest absolute Gasteiger partial charge is 0.417 e. The first kappa shape index (κ1) is 20.9. The second kappa shape index (κ2) is 8.06. The predicted molar refractivity (Wildman–Crippen MR) is 95.2 cm³/mol. The SMILES string of the molecule is CC(C)(C)OC(=O)N1CCC(COc2ccc(Br)c(C(F)(F)F)c2)CC1. The lowest BCUT2D eigenvalue weighted by atomic mass is 9.98. The molecule has 1 aromatic carbocycles. The Morgan fingerprint density at radius 2 is 1.85 bits per heavy atom. The minimum absolute atomic E-state index is 0.0111. The van der Waals surface area contributed by atoms with E-state index < -0.39 is 17.3 Å². The monoisotopic (exact) mass is 437 g/mol. The third kappa shape index (κ3) is 6.07. The van der Waals surface area contributed by atoms with E-state index in [9.17, 15) is 18.0 Å². The van der Waals surface area contributed by atoms with E-state index in [1.54, 1.807) is 4.90 Å². The number of alkyl halides is 3. The number of rotatable bonds is 3. The number of carbonyl (C=O) groups is 1. The van der Waals surface area contributed by atoms with Gasteiger partial charge in [-0.25, -0.2) is 4.79 Å². The molecule has 1 amide bonds. The normalized spacial score (nSPS) is 16.5. The summed E-state index contributed by atoms with van der Waals surface area (Å²) in [5, 5.41) is 0. The number of piperidine rings is 1. The second-order valence-electron chi connectivity index (χ2n) is 7.36. The highest BCUT2D eigenvalue weighted by Gasteiger charge is 2.33. The van der Waals surface area contributed by atoms with Gasteiger partial charge in [-0.2, -0.15) is 13.2 Å². The number of nitrogens with zero attached hydrogens (tertiary/aromatic N) is 1. The van der Waals surface area contributed by atoms with Crippen molar-refractivity contribution < 1.29 is 27.4 Å². The molecular formula is C18H23BrF3NO3. The first-order valence-electron chi connectivity index (χ1n) is 8.43. The lowest BCUT2D eigenvalue weighted by Gasteiger charge is -2.33. The first-order valence-corrected chi connectivity index (χ1v) is 9.22. The Morgan fingerprint density at radius 3 is 2.38 bits per heavy atom.